The molecule has 0 amide bonds. The highest BCUT2D eigenvalue weighted by atomic mass is 79.9. The lowest BCUT2D eigenvalue weighted by molar-refractivity contribution is 0.628. The third-order valence-corrected chi connectivity index (χ3v) is 4.36. The molecule has 0 spiro atoms. The highest BCUT2D eigenvalue weighted by Crippen LogP contribution is 2.29. The fourth-order valence-corrected chi connectivity index (χ4v) is 3.62. The molecule has 0 saturated carbocycles. The molecule has 0 unspecified atom stereocenters. The molecule has 4 rings (SSSR count). The van der Waals surface area contributed by atoms with Gasteiger partial charge in [-0.3, -0.25) is 0 Å². The number of aromatic nitrogens is 4. The average Bonchev–Trinajstić information content (AvgIpc) is 2.92. The third-order valence-electron chi connectivity index (χ3n) is 3.30. The summed E-state index contributed by atoms with van der Waals surface area (Å²) < 4.78 is 16.5. The average molecular weight is 422 g/mol. The molecule has 2 heterocycles. The van der Waals surface area contributed by atoms with E-state index in [1.807, 2.05) is 12.1 Å². The summed E-state index contributed by atoms with van der Waals surface area (Å²) in [6, 6.07) is 9.99. The Labute approximate surface area is 141 Å². The van der Waals surface area contributed by atoms with Gasteiger partial charge in [-0.15, -0.1) is 5.10 Å². The summed E-state index contributed by atoms with van der Waals surface area (Å²) in [7, 11) is 0. The first-order chi connectivity index (χ1) is 10.6. The Balaban J connectivity index is 2.01. The molecule has 108 valence electrons. The van der Waals surface area contributed by atoms with Crippen molar-refractivity contribution in [3.05, 3.63) is 57.5 Å². The Morgan fingerprint density at radius 2 is 1.82 bits per heavy atom. The van der Waals surface area contributed by atoms with Crippen molar-refractivity contribution in [2.24, 2.45) is 0 Å². The van der Waals surface area contributed by atoms with Gasteiger partial charge in [0.15, 0.2) is 11.5 Å². The predicted molar refractivity (Wildman–Crippen MR) is 89.1 cm³/mol. The molecule has 22 heavy (non-hydrogen) atoms. The molecule has 0 aliphatic rings. The van der Waals surface area contributed by atoms with Crippen LogP contribution in [0, 0.1) is 5.82 Å². The van der Waals surface area contributed by atoms with Crippen LogP contribution in [0.1, 0.15) is 0 Å². The van der Waals surface area contributed by atoms with Crippen molar-refractivity contribution in [1.29, 1.82) is 0 Å². The van der Waals surface area contributed by atoms with Gasteiger partial charge in [-0.05, 0) is 52.3 Å². The molecule has 4 aromatic rings. The molecule has 0 N–H and O–H groups in total. The molecule has 0 fully saturated rings. The topological polar surface area (TPSA) is 43.1 Å². The van der Waals surface area contributed by atoms with Gasteiger partial charge in [-0.2, -0.15) is 0 Å². The molecule has 0 saturated heterocycles. The third kappa shape index (κ3) is 2.21. The Hall–Kier alpha value is -1.86. The van der Waals surface area contributed by atoms with Crippen LogP contribution in [0.3, 0.4) is 0 Å². The highest BCUT2D eigenvalue weighted by molar-refractivity contribution is 9.11. The van der Waals surface area contributed by atoms with Gasteiger partial charge in [0.2, 0.25) is 0 Å². The maximum absolute atomic E-state index is 13.0. The van der Waals surface area contributed by atoms with Crippen LogP contribution in [-0.2, 0) is 0 Å². The van der Waals surface area contributed by atoms with Crippen LogP contribution in [-0.4, -0.2) is 19.6 Å². The largest absolute Gasteiger partial charge is 0.235 e. The molecule has 7 heteroatoms. The first-order valence-electron chi connectivity index (χ1n) is 6.38. The monoisotopic (exact) mass is 420 g/mol. The van der Waals surface area contributed by atoms with Gasteiger partial charge < -0.3 is 0 Å². The SMILES string of the molecule is Fc1ccc(-c2nc3c4cc(Br)cc(Br)c4ncn3n2)cc1. The van der Waals surface area contributed by atoms with Crippen LogP contribution in [0.2, 0.25) is 0 Å². The molecular weight excluding hydrogens is 415 g/mol. The number of halogens is 3. The lowest BCUT2D eigenvalue weighted by Gasteiger charge is -2.01. The van der Waals surface area contributed by atoms with E-state index in [-0.39, 0.29) is 5.82 Å². The Bertz CT molecular complexity index is 1010. The van der Waals surface area contributed by atoms with Crippen molar-refractivity contribution in [2.75, 3.05) is 0 Å². The van der Waals surface area contributed by atoms with E-state index in [0.717, 1.165) is 25.4 Å². The minimum absolute atomic E-state index is 0.285. The molecule has 0 radical (unpaired) electrons. The lowest BCUT2D eigenvalue weighted by Crippen LogP contribution is -1.92. The zero-order valence-corrected chi connectivity index (χ0v) is 14.1. The van der Waals surface area contributed by atoms with Gasteiger partial charge in [-0.1, -0.05) is 15.9 Å². The van der Waals surface area contributed by atoms with Crippen LogP contribution in [0.5, 0.6) is 0 Å². The van der Waals surface area contributed by atoms with Gasteiger partial charge in [0.05, 0.1) is 5.52 Å². The van der Waals surface area contributed by atoms with E-state index in [9.17, 15) is 4.39 Å². The van der Waals surface area contributed by atoms with Gasteiger partial charge >= 0.3 is 0 Å². The maximum Gasteiger partial charge on any atom is 0.182 e. The van der Waals surface area contributed by atoms with E-state index in [1.54, 1.807) is 23.0 Å². The van der Waals surface area contributed by atoms with E-state index >= 15 is 0 Å². The summed E-state index contributed by atoms with van der Waals surface area (Å²) >= 11 is 6.97. The van der Waals surface area contributed by atoms with E-state index in [0.29, 0.717) is 11.5 Å². The number of hydrogen-bond acceptors (Lipinski definition) is 3. The molecule has 0 aliphatic carbocycles. The summed E-state index contributed by atoms with van der Waals surface area (Å²) in [4.78, 5) is 8.97. The van der Waals surface area contributed by atoms with Crippen LogP contribution in [0.15, 0.2) is 51.7 Å². The molecule has 0 aliphatic heterocycles. The minimum atomic E-state index is -0.285. The zero-order valence-electron chi connectivity index (χ0n) is 11.0. The molecule has 0 atom stereocenters. The first kappa shape index (κ1) is 13.8. The van der Waals surface area contributed by atoms with Crippen molar-refractivity contribution < 1.29 is 4.39 Å². The van der Waals surface area contributed by atoms with E-state index in [1.165, 1.54) is 12.1 Å². The van der Waals surface area contributed by atoms with Crippen LogP contribution in [0.4, 0.5) is 4.39 Å². The molecule has 2 aromatic heterocycles. The number of rotatable bonds is 1. The quantitative estimate of drug-likeness (QED) is 0.450. The summed E-state index contributed by atoms with van der Waals surface area (Å²) in [6.07, 6.45) is 1.62. The normalized spacial score (nSPS) is 11.4. The number of benzene rings is 2. The van der Waals surface area contributed by atoms with Crippen molar-refractivity contribution in [3.8, 4) is 11.4 Å². The van der Waals surface area contributed by atoms with Crippen LogP contribution in [0.25, 0.3) is 27.9 Å². The van der Waals surface area contributed by atoms with Gasteiger partial charge in [0, 0.05) is 19.9 Å². The first-order valence-corrected chi connectivity index (χ1v) is 7.96. The molecule has 4 nitrogen and oxygen atoms in total. The van der Waals surface area contributed by atoms with Crippen LogP contribution < -0.4 is 0 Å². The van der Waals surface area contributed by atoms with Crippen molar-refractivity contribution in [1.82, 2.24) is 19.6 Å². The predicted octanol–water partition coefficient (Wildman–Crippen LogP) is 4.61. The molecule has 2 aromatic carbocycles. The summed E-state index contributed by atoms with van der Waals surface area (Å²) in [6.45, 7) is 0. The highest BCUT2D eigenvalue weighted by Gasteiger charge is 2.12. The fraction of sp³-hybridized carbons (Fsp3) is 0. The van der Waals surface area contributed by atoms with Crippen molar-refractivity contribution >= 4 is 48.4 Å². The van der Waals surface area contributed by atoms with Crippen LogP contribution >= 0.6 is 31.9 Å². The number of hydrogen-bond donors (Lipinski definition) is 0. The summed E-state index contributed by atoms with van der Waals surface area (Å²) in [5.74, 6) is 0.248. The maximum atomic E-state index is 13.0. The van der Waals surface area contributed by atoms with Gasteiger partial charge in [0.25, 0.3) is 0 Å². The molecular formula is C15H7Br2FN4. The van der Waals surface area contributed by atoms with Crippen molar-refractivity contribution in [2.45, 2.75) is 0 Å². The fourth-order valence-electron chi connectivity index (χ4n) is 2.29. The Morgan fingerprint density at radius 3 is 2.59 bits per heavy atom. The van der Waals surface area contributed by atoms with Crippen molar-refractivity contribution in [3.63, 3.8) is 0 Å². The van der Waals surface area contributed by atoms with E-state index in [2.05, 4.69) is 46.9 Å². The Kier molecular flexibility index (Phi) is 3.19. The summed E-state index contributed by atoms with van der Waals surface area (Å²) in [5, 5.41) is 5.29. The molecule has 0 bridgehead atoms. The second kappa shape index (κ2) is 5.10. The zero-order chi connectivity index (χ0) is 15.3. The van der Waals surface area contributed by atoms with Gasteiger partial charge in [0.1, 0.15) is 12.1 Å². The second-order valence-corrected chi connectivity index (χ2v) is 6.51. The standard InChI is InChI=1S/C15H7Br2FN4/c16-9-5-11-13(12(17)6-9)19-7-22-15(11)20-14(21-22)8-1-3-10(18)4-2-8/h1-7H. The van der Waals surface area contributed by atoms with E-state index in [4.69, 9.17) is 0 Å². The van der Waals surface area contributed by atoms with E-state index < -0.39 is 0 Å². The second-order valence-electron chi connectivity index (χ2n) is 4.74. The number of fused-ring (bicyclic) bond motifs is 3. The lowest BCUT2D eigenvalue weighted by atomic mass is 10.2. The van der Waals surface area contributed by atoms with Gasteiger partial charge in [-0.25, -0.2) is 18.9 Å². The number of nitrogens with zero attached hydrogens (tertiary/aromatic N) is 4. The minimum Gasteiger partial charge on any atom is -0.235 e. The Morgan fingerprint density at radius 1 is 1.05 bits per heavy atom. The summed E-state index contributed by atoms with van der Waals surface area (Å²) in [5.41, 5.74) is 2.27. The smallest absolute Gasteiger partial charge is 0.182 e.